The van der Waals surface area contributed by atoms with E-state index in [9.17, 15) is 27.7 Å². The number of carbonyl (C=O) groups is 1. The first kappa shape index (κ1) is 22.2. The second-order valence-electron chi connectivity index (χ2n) is 7.91. The van der Waals surface area contributed by atoms with Crippen molar-refractivity contribution in [2.75, 3.05) is 31.1 Å². The van der Waals surface area contributed by atoms with E-state index in [4.69, 9.17) is 0 Å². The molecular weight excluding hydrogens is 439 g/mol. The minimum absolute atomic E-state index is 0.00404. The molecule has 1 heterocycles. The van der Waals surface area contributed by atoms with Crippen molar-refractivity contribution in [3.63, 3.8) is 0 Å². The van der Waals surface area contributed by atoms with Gasteiger partial charge in [0.15, 0.2) is 0 Å². The quantitative estimate of drug-likeness (QED) is 0.521. The first-order valence-corrected chi connectivity index (χ1v) is 11.8. The van der Waals surface area contributed by atoms with Gasteiger partial charge >= 0.3 is 0 Å². The van der Waals surface area contributed by atoms with Gasteiger partial charge in [-0.1, -0.05) is 0 Å². The van der Waals surface area contributed by atoms with Crippen molar-refractivity contribution in [2.24, 2.45) is 0 Å². The Labute approximate surface area is 185 Å². The van der Waals surface area contributed by atoms with Crippen molar-refractivity contribution in [2.45, 2.75) is 30.2 Å². The molecule has 0 spiro atoms. The number of nitrogens with zero attached hydrogens (tertiary/aromatic N) is 3. The fourth-order valence-corrected chi connectivity index (χ4v) is 5.18. The second-order valence-corrected chi connectivity index (χ2v) is 9.84. The lowest BCUT2D eigenvalue weighted by Gasteiger charge is -2.23. The van der Waals surface area contributed by atoms with Gasteiger partial charge in [-0.25, -0.2) is 12.8 Å². The highest BCUT2D eigenvalue weighted by molar-refractivity contribution is 7.89. The van der Waals surface area contributed by atoms with Gasteiger partial charge in [0.05, 0.1) is 9.82 Å². The predicted molar refractivity (Wildman–Crippen MR) is 116 cm³/mol. The van der Waals surface area contributed by atoms with Crippen LogP contribution in [-0.2, 0) is 10.0 Å². The average Bonchev–Trinajstić information content (AvgIpc) is 3.60. The number of hydrogen-bond donors (Lipinski definition) is 1. The normalized spacial score (nSPS) is 17.6. The zero-order chi connectivity index (χ0) is 22.9. The average molecular weight is 463 g/mol. The maximum atomic E-state index is 13.2. The van der Waals surface area contributed by atoms with E-state index in [1.807, 2.05) is 0 Å². The minimum Gasteiger partial charge on any atom is -0.365 e. The van der Waals surface area contributed by atoms with Gasteiger partial charge in [-0.05, 0) is 55.7 Å². The molecule has 2 aromatic rings. The maximum absolute atomic E-state index is 13.2. The third-order valence-electron chi connectivity index (χ3n) is 5.59. The highest BCUT2D eigenvalue weighted by atomic mass is 32.2. The summed E-state index contributed by atoms with van der Waals surface area (Å²) in [5.74, 6) is -0.859. The van der Waals surface area contributed by atoms with Gasteiger partial charge in [0.1, 0.15) is 11.5 Å². The molecule has 1 saturated carbocycles. The molecule has 0 radical (unpaired) electrons. The molecule has 4 rings (SSSR count). The first-order chi connectivity index (χ1) is 15.3. The summed E-state index contributed by atoms with van der Waals surface area (Å²) >= 11 is 0. The van der Waals surface area contributed by atoms with Crippen molar-refractivity contribution < 1.29 is 22.5 Å². The van der Waals surface area contributed by atoms with E-state index in [2.05, 4.69) is 5.32 Å². The van der Waals surface area contributed by atoms with Gasteiger partial charge in [-0.3, -0.25) is 14.9 Å². The molecule has 170 valence electrons. The van der Waals surface area contributed by atoms with Crippen molar-refractivity contribution in [1.29, 1.82) is 0 Å². The van der Waals surface area contributed by atoms with Gasteiger partial charge in [-0.2, -0.15) is 4.31 Å². The van der Waals surface area contributed by atoms with Crippen LogP contribution in [0, 0.1) is 15.9 Å². The number of halogens is 1. The number of rotatable bonds is 6. The van der Waals surface area contributed by atoms with E-state index in [-0.39, 0.29) is 47.7 Å². The molecule has 0 aromatic heterocycles. The summed E-state index contributed by atoms with van der Waals surface area (Å²) in [7, 11) is -3.80. The van der Waals surface area contributed by atoms with Crippen LogP contribution >= 0.6 is 0 Å². The number of anilines is 1. The molecule has 1 saturated heterocycles. The SMILES string of the molecule is O=C(NC1CC1)c1ccc(N2CCCN(S(=O)(=O)c3ccc(F)cc3)CC2)c([N+](=O)[O-])c1. The number of nitro benzene ring substituents is 1. The molecule has 1 N–H and O–H groups in total. The largest absolute Gasteiger partial charge is 0.365 e. The van der Waals surface area contributed by atoms with Crippen molar-refractivity contribution in [3.8, 4) is 0 Å². The summed E-state index contributed by atoms with van der Waals surface area (Å²) in [6, 6.07) is 9.16. The summed E-state index contributed by atoms with van der Waals surface area (Å²) in [5, 5.41) is 14.5. The van der Waals surface area contributed by atoms with Gasteiger partial charge in [0.2, 0.25) is 10.0 Å². The van der Waals surface area contributed by atoms with Crippen LogP contribution in [0.15, 0.2) is 47.4 Å². The van der Waals surface area contributed by atoms with E-state index in [0.717, 1.165) is 25.0 Å². The summed E-state index contributed by atoms with van der Waals surface area (Å²) in [6.45, 7) is 1.03. The Balaban J connectivity index is 1.53. The van der Waals surface area contributed by atoms with Crippen LogP contribution in [0.5, 0.6) is 0 Å². The fraction of sp³-hybridized carbons (Fsp3) is 0.381. The molecule has 0 bridgehead atoms. The third-order valence-corrected chi connectivity index (χ3v) is 7.51. The lowest BCUT2D eigenvalue weighted by Crippen LogP contribution is -2.35. The molecule has 0 atom stereocenters. The standard InChI is InChI=1S/C21H23FN4O5S/c22-16-3-7-18(8-4-16)32(30,31)25-11-1-10-24(12-13-25)19-9-2-15(14-20(19)26(28)29)21(27)23-17-5-6-17/h2-4,7-9,14,17H,1,5-6,10-13H2,(H,23,27). The molecule has 1 amide bonds. The van der Waals surface area contributed by atoms with E-state index in [1.165, 1.54) is 22.5 Å². The monoisotopic (exact) mass is 462 g/mol. The summed E-state index contributed by atoms with van der Waals surface area (Å²) in [5.41, 5.74) is 0.380. The number of sulfonamides is 1. The zero-order valence-electron chi connectivity index (χ0n) is 17.2. The van der Waals surface area contributed by atoms with Gasteiger partial charge in [-0.15, -0.1) is 0 Å². The van der Waals surface area contributed by atoms with Crippen molar-refractivity contribution >= 4 is 27.3 Å². The zero-order valence-corrected chi connectivity index (χ0v) is 18.1. The first-order valence-electron chi connectivity index (χ1n) is 10.4. The topological polar surface area (TPSA) is 113 Å². The Kier molecular flexibility index (Phi) is 6.11. The van der Waals surface area contributed by atoms with E-state index >= 15 is 0 Å². The van der Waals surface area contributed by atoms with E-state index < -0.39 is 20.8 Å². The highest BCUT2D eigenvalue weighted by Crippen LogP contribution is 2.31. The van der Waals surface area contributed by atoms with Crippen LogP contribution in [0.2, 0.25) is 0 Å². The molecule has 1 aliphatic carbocycles. The van der Waals surface area contributed by atoms with Crippen LogP contribution in [0.4, 0.5) is 15.8 Å². The van der Waals surface area contributed by atoms with Crippen LogP contribution < -0.4 is 10.2 Å². The Morgan fingerprint density at radius 3 is 2.44 bits per heavy atom. The van der Waals surface area contributed by atoms with Gasteiger partial charge < -0.3 is 10.2 Å². The molecular formula is C21H23FN4O5S. The van der Waals surface area contributed by atoms with Crippen LogP contribution in [0.1, 0.15) is 29.6 Å². The van der Waals surface area contributed by atoms with Gasteiger partial charge in [0.25, 0.3) is 11.6 Å². The summed E-state index contributed by atoms with van der Waals surface area (Å²) in [4.78, 5) is 25.2. The fourth-order valence-electron chi connectivity index (χ4n) is 3.71. The highest BCUT2D eigenvalue weighted by Gasteiger charge is 2.30. The number of amides is 1. The van der Waals surface area contributed by atoms with Gasteiger partial charge in [0, 0.05) is 43.9 Å². The lowest BCUT2D eigenvalue weighted by molar-refractivity contribution is -0.384. The van der Waals surface area contributed by atoms with E-state index in [1.54, 1.807) is 17.0 Å². The Hall–Kier alpha value is -3.05. The Morgan fingerprint density at radius 1 is 1.06 bits per heavy atom. The van der Waals surface area contributed by atoms with Crippen LogP contribution in [-0.4, -0.2) is 55.8 Å². The third kappa shape index (κ3) is 4.73. The molecule has 2 aliphatic rings. The molecule has 2 aromatic carbocycles. The molecule has 0 unspecified atom stereocenters. The van der Waals surface area contributed by atoms with E-state index in [0.29, 0.717) is 18.7 Å². The molecule has 32 heavy (non-hydrogen) atoms. The lowest BCUT2D eigenvalue weighted by atomic mass is 10.1. The number of hydrogen-bond acceptors (Lipinski definition) is 6. The Morgan fingerprint density at radius 2 is 1.78 bits per heavy atom. The smallest absolute Gasteiger partial charge is 0.293 e. The molecule has 1 aliphatic heterocycles. The molecule has 11 heteroatoms. The van der Waals surface area contributed by atoms with Crippen LogP contribution in [0.3, 0.4) is 0 Å². The Bertz CT molecular complexity index is 1140. The van der Waals surface area contributed by atoms with Crippen molar-refractivity contribution in [3.05, 3.63) is 64.0 Å². The number of carbonyl (C=O) groups excluding carboxylic acids is 1. The number of nitrogens with one attached hydrogen (secondary N) is 1. The van der Waals surface area contributed by atoms with Crippen molar-refractivity contribution in [1.82, 2.24) is 9.62 Å². The molecule has 9 nitrogen and oxygen atoms in total. The summed E-state index contributed by atoms with van der Waals surface area (Å²) < 4.78 is 40.3. The predicted octanol–water partition coefficient (Wildman–Crippen LogP) is 2.53. The number of nitro groups is 1. The summed E-state index contributed by atoms with van der Waals surface area (Å²) in [6.07, 6.45) is 2.29. The molecule has 2 fully saturated rings. The minimum atomic E-state index is -3.80. The maximum Gasteiger partial charge on any atom is 0.293 e. The number of benzene rings is 2. The second kappa shape index (κ2) is 8.83. The van der Waals surface area contributed by atoms with Crippen LogP contribution in [0.25, 0.3) is 0 Å².